The third kappa shape index (κ3) is 2.60. The molecule has 1 aliphatic rings. The van der Waals surface area contributed by atoms with Crippen LogP contribution in [0.5, 0.6) is 0 Å². The standard InChI is InChI=1S/C15H18O/c1-2-12-7-9-13(10-8-12)11-14-5-3-4-6-15(14)16/h7-11H,2-6H2,1H3. The van der Waals surface area contributed by atoms with E-state index in [-0.39, 0.29) is 0 Å². The Balaban J connectivity index is 2.17. The molecule has 1 fully saturated rings. The summed E-state index contributed by atoms with van der Waals surface area (Å²) in [4.78, 5) is 11.7. The van der Waals surface area contributed by atoms with Gasteiger partial charge in [0.05, 0.1) is 0 Å². The first-order valence-electron chi connectivity index (χ1n) is 6.12. The molecule has 0 heterocycles. The molecule has 84 valence electrons. The van der Waals surface area contributed by atoms with Crippen LogP contribution < -0.4 is 0 Å². The molecule has 0 bridgehead atoms. The lowest BCUT2D eigenvalue weighted by molar-refractivity contribution is -0.116. The van der Waals surface area contributed by atoms with Crippen molar-refractivity contribution in [3.05, 3.63) is 41.0 Å². The Hall–Kier alpha value is -1.37. The lowest BCUT2D eigenvalue weighted by atomic mass is 9.92. The highest BCUT2D eigenvalue weighted by atomic mass is 16.1. The van der Waals surface area contributed by atoms with E-state index in [0.717, 1.165) is 43.2 Å². The van der Waals surface area contributed by atoms with E-state index in [0.29, 0.717) is 5.78 Å². The van der Waals surface area contributed by atoms with Gasteiger partial charge in [0.25, 0.3) is 0 Å². The van der Waals surface area contributed by atoms with Crippen LogP contribution in [0.4, 0.5) is 0 Å². The van der Waals surface area contributed by atoms with Crippen LogP contribution in [-0.4, -0.2) is 5.78 Å². The Labute approximate surface area is 97.2 Å². The van der Waals surface area contributed by atoms with Gasteiger partial charge in [0.1, 0.15) is 0 Å². The second-order valence-corrected chi connectivity index (χ2v) is 4.39. The first-order valence-corrected chi connectivity index (χ1v) is 6.12. The molecule has 0 N–H and O–H groups in total. The summed E-state index contributed by atoms with van der Waals surface area (Å²) in [6.45, 7) is 2.15. The number of hydrogen-bond acceptors (Lipinski definition) is 1. The SMILES string of the molecule is CCc1ccc(C=C2CCCCC2=O)cc1. The average molecular weight is 214 g/mol. The molecule has 1 heteroatoms. The van der Waals surface area contributed by atoms with Gasteiger partial charge in [-0.2, -0.15) is 0 Å². The highest BCUT2D eigenvalue weighted by Crippen LogP contribution is 2.22. The van der Waals surface area contributed by atoms with Crippen LogP contribution in [0.2, 0.25) is 0 Å². The number of hydrogen-bond donors (Lipinski definition) is 0. The lowest BCUT2D eigenvalue weighted by Crippen LogP contribution is -2.07. The van der Waals surface area contributed by atoms with Gasteiger partial charge in [-0.15, -0.1) is 0 Å². The van der Waals surface area contributed by atoms with E-state index in [1.807, 2.05) is 0 Å². The molecule has 0 aromatic heterocycles. The number of Topliss-reactive ketones (excluding diaryl/α,β-unsaturated/α-hetero) is 1. The highest BCUT2D eigenvalue weighted by Gasteiger charge is 2.14. The van der Waals surface area contributed by atoms with E-state index < -0.39 is 0 Å². The highest BCUT2D eigenvalue weighted by molar-refractivity contribution is 6.00. The number of allylic oxidation sites excluding steroid dienone is 1. The lowest BCUT2D eigenvalue weighted by Gasteiger charge is -2.12. The fourth-order valence-corrected chi connectivity index (χ4v) is 2.10. The molecular formula is C15H18O. The Bertz CT molecular complexity index is 398. The Morgan fingerprint density at radius 1 is 1.12 bits per heavy atom. The van der Waals surface area contributed by atoms with Crippen LogP contribution in [0, 0.1) is 0 Å². The minimum absolute atomic E-state index is 0.339. The summed E-state index contributed by atoms with van der Waals surface area (Å²) in [6.07, 6.45) is 7.03. The zero-order chi connectivity index (χ0) is 11.4. The molecule has 1 saturated carbocycles. The third-order valence-electron chi connectivity index (χ3n) is 3.19. The fraction of sp³-hybridized carbons (Fsp3) is 0.400. The molecular weight excluding hydrogens is 196 g/mol. The fourth-order valence-electron chi connectivity index (χ4n) is 2.10. The molecule has 2 rings (SSSR count). The normalized spacial score (nSPS) is 19.1. The molecule has 1 aliphatic carbocycles. The quantitative estimate of drug-likeness (QED) is 0.685. The van der Waals surface area contributed by atoms with Gasteiger partial charge in [-0.25, -0.2) is 0 Å². The summed E-state index contributed by atoms with van der Waals surface area (Å²) >= 11 is 0. The molecule has 1 nitrogen and oxygen atoms in total. The van der Waals surface area contributed by atoms with Crippen molar-refractivity contribution in [2.45, 2.75) is 39.0 Å². The molecule has 1 aromatic carbocycles. The number of benzene rings is 1. The maximum Gasteiger partial charge on any atom is 0.158 e. The monoisotopic (exact) mass is 214 g/mol. The predicted octanol–water partition coefficient (Wildman–Crippen LogP) is 3.78. The van der Waals surface area contributed by atoms with Crippen LogP contribution in [0.25, 0.3) is 6.08 Å². The molecule has 0 spiro atoms. The molecule has 0 radical (unpaired) electrons. The van der Waals surface area contributed by atoms with Gasteiger partial charge in [-0.05, 0) is 48.5 Å². The van der Waals surface area contributed by atoms with Crippen LogP contribution >= 0.6 is 0 Å². The smallest absolute Gasteiger partial charge is 0.158 e. The van der Waals surface area contributed by atoms with Crippen molar-refractivity contribution in [2.75, 3.05) is 0 Å². The minimum atomic E-state index is 0.339. The van der Waals surface area contributed by atoms with Crippen LogP contribution in [0.15, 0.2) is 29.8 Å². The van der Waals surface area contributed by atoms with Crippen LogP contribution in [0.1, 0.15) is 43.7 Å². The van der Waals surface area contributed by atoms with E-state index in [1.165, 1.54) is 5.56 Å². The largest absolute Gasteiger partial charge is 0.295 e. The maximum atomic E-state index is 11.7. The van der Waals surface area contributed by atoms with Gasteiger partial charge >= 0.3 is 0 Å². The van der Waals surface area contributed by atoms with E-state index in [9.17, 15) is 4.79 Å². The van der Waals surface area contributed by atoms with Crippen molar-refractivity contribution in [3.63, 3.8) is 0 Å². The van der Waals surface area contributed by atoms with Gasteiger partial charge in [0, 0.05) is 6.42 Å². The Morgan fingerprint density at radius 3 is 2.44 bits per heavy atom. The van der Waals surface area contributed by atoms with Gasteiger partial charge in [0.15, 0.2) is 5.78 Å². The number of carbonyl (C=O) groups is 1. The summed E-state index contributed by atoms with van der Waals surface area (Å²) < 4.78 is 0. The third-order valence-corrected chi connectivity index (χ3v) is 3.19. The van der Waals surface area contributed by atoms with Gasteiger partial charge < -0.3 is 0 Å². The van der Waals surface area contributed by atoms with Gasteiger partial charge in [-0.1, -0.05) is 31.2 Å². The van der Waals surface area contributed by atoms with Crippen molar-refractivity contribution in [2.24, 2.45) is 0 Å². The molecule has 0 aliphatic heterocycles. The second kappa shape index (κ2) is 5.11. The summed E-state index contributed by atoms with van der Waals surface area (Å²) in [5.41, 5.74) is 3.51. The number of rotatable bonds is 2. The summed E-state index contributed by atoms with van der Waals surface area (Å²) in [7, 11) is 0. The molecule has 0 amide bonds. The van der Waals surface area contributed by atoms with Crippen molar-refractivity contribution in [1.82, 2.24) is 0 Å². The first kappa shape index (κ1) is 11.1. The van der Waals surface area contributed by atoms with E-state index in [1.54, 1.807) is 0 Å². The molecule has 0 unspecified atom stereocenters. The zero-order valence-corrected chi connectivity index (χ0v) is 9.83. The van der Waals surface area contributed by atoms with Gasteiger partial charge in [0.2, 0.25) is 0 Å². The number of ketones is 1. The van der Waals surface area contributed by atoms with Crippen molar-refractivity contribution in [1.29, 1.82) is 0 Å². The Morgan fingerprint density at radius 2 is 1.81 bits per heavy atom. The molecule has 0 saturated heterocycles. The topological polar surface area (TPSA) is 17.1 Å². The molecule has 0 atom stereocenters. The second-order valence-electron chi connectivity index (χ2n) is 4.39. The summed E-state index contributed by atoms with van der Waals surface area (Å²) in [6, 6.07) is 8.49. The Kier molecular flexibility index (Phi) is 3.55. The van der Waals surface area contributed by atoms with Crippen LogP contribution in [-0.2, 0) is 11.2 Å². The molecule has 1 aromatic rings. The van der Waals surface area contributed by atoms with E-state index >= 15 is 0 Å². The predicted molar refractivity (Wildman–Crippen MR) is 67.3 cm³/mol. The van der Waals surface area contributed by atoms with E-state index in [2.05, 4.69) is 37.3 Å². The van der Waals surface area contributed by atoms with Crippen molar-refractivity contribution >= 4 is 11.9 Å². The first-order chi connectivity index (χ1) is 7.79. The van der Waals surface area contributed by atoms with E-state index in [4.69, 9.17) is 0 Å². The summed E-state index contributed by atoms with van der Waals surface area (Å²) in [5.74, 6) is 0.339. The molecule has 16 heavy (non-hydrogen) atoms. The zero-order valence-electron chi connectivity index (χ0n) is 9.83. The summed E-state index contributed by atoms with van der Waals surface area (Å²) in [5, 5.41) is 0. The van der Waals surface area contributed by atoms with Crippen LogP contribution in [0.3, 0.4) is 0 Å². The van der Waals surface area contributed by atoms with Crippen molar-refractivity contribution < 1.29 is 4.79 Å². The average Bonchev–Trinajstić information content (AvgIpc) is 2.33. The van der Waals surface area contributed by atoms with Gasteiger partial charge in [-0.3, -0.25) is 4.79 Å². The number of carbonyl (C=O) groups excluding carboxylic acids is 1. The maximum absolute atomic E-state index is 11.7. The number of aryl methyl sites for hydroxylation is 1. The minimum Gasteiger partial charge on any atom is -0.295 e. The van der Waals surface area contributed by atoms with Crippen molar-refractivity contribution in [3.8, 4) is 0 Å².